The molecule has 0 atom stereocenters. The summed E-state index contributed by atoms with van der Waals surface area (Å²) in [6.45, 7) is 0.439. The summed E-state index contributed by atoms with van der Waals surface area (Å²) in [4.78, 5) is 5.73. The van der Waals surface area contributed by atoms with Crippen molar-refractivity contribution < 1.29 is 22.6 Å². The maximum atomic E-state index is 15.2. The highest BCUT2D eigenvalue weighted by Crippen LogP contribution is 2.38. The molecule has 0 amide bonds. The molecule has 2 aromatic heterocycles. The monoisotopic (exact) mass is 743 g/mol. The van der Waals surface area contributed by atoms with Crippen LogP contribution in [0.5, 0.6) is 17.2 Å². The van der Waals surface area contributed by atoms with Gasteiger partial charge in [0.2, 0.25) is 21.8 Å². The van der Waals surface area contributed by atoms with Crippen LogP contribution in [0.1, 0.15) is 16.7 Å². The number of hydrogen-bond donors (Lipinski definition) is 2. The van der Waals surface area contributed by atoms with Crippen molar-refractivity contribution in [3.05, 3.63) is 132 Å². The Hall–Kier alpha value is -6.58. The molecule has 0 bridgehead atoms. The zero-order valence-corrected chi connectivity index (χ0v) is 30.6. The molecule has 274 valence electrons. The number of benzene rings is 5. The minimum atomic E-state index is -4.26. The number of ether oxygens (including phenoxy) is 3. The van der Waals surface area contributed by atoms with Gasteiger partial charge in [-0.3, -0.25) is 5.10 Å². The topological polar surface area (TPSA) is 176 Å². The molecule has 2 heterocycles. The van der Waals surface area contributed by atoms with Gasteiger partial charge in [-0.2, -0.15) is 14.1 Å². The van der Waals surface area contributed by atoms with Gasteiger partial charge in [0.1, 0.15) is 17.2 Å². The highest BCUT2D eigenvalue weighted by molar-refractivity contribution is 7.89. The number of rotatable bonds is 14. The number of hydrogen-bond acceptors (Lipinski definition) is 11. The molecule has 0 aliphatic heterocycles. The summed E-state index contributed by atoms with van der Waals surface area (Å²) >= 11 is 0. The van der Waals surface area contributed by atoms with Crippen LogP contribution < -0.4 is 19.9 Å². The Labute approximate surface area is 312 Å². The maximum Gasteiger partial charge on any atom is 0.244 e. The minimum Gasteiger partial charge on any atom is -0.497 e. The lowest BCUT2D eigenvalue weighted by Gasteiger charge is -2.24. The predicted octanol–water partition coefficient (Wildman–Crippen LogP) is 5.84. The van der Waals surface area contributed by atoms with Crippen LogP contribution in [-0.4, -0.2) is 69.4 Å². The van der Waals surface area contributed by atoms with Crippen molar-refractivity contribution >= 4 is 16.0 Å². The second-order valence-corrected chi connectivity index (χ2v) is 14.2. The third-order valence-corrected chi connectivity index (χ3v) is 10.6. The van der Waals surface area contributed by atoms with E-state index in [0.29, 0.717) is 46.1 Å². The van der Waals surface area contributed by atoms with Crippen molar-refractivity contribution in [2.24, 2.45) is 0 Å². The first-order valence-electron chi connectivity index (χ1n) is 16.8. The largest absolute Gasteiger partial charge is 0.497 e. The SMILES string of the molecule is COc1ccc(CN(Cc2ccc(OC)cc2)S(=O)(=O)c2cccc(-c3cccc(-c4nc(N)n[nH]4)c3)c2-c2nnn(Cc3ccc(OC)cc3)n2)cc1. The third kappa shape index (κ3) is 7.77. The van der Waals surface area contributed by atoms with E-state index in [0.717, 1.165) is 22.4 Å². The molecule has 0 unspecified atom stereocenters. The lowest BCUT2D eigenvalue weighted by Crippen LogP contribution is -2.31. The quantitative estimate of drug-likeness (QED) is 0.137. The predicted molar refractivity (Wildman–Crippen MR) is 203 cm³/mol. The number of nitrogens with two attached hydrogens (primary N) is 1. The van der Waals surface area contributed by atoms with Gasteiger partial charge < -0.3 is 19.9 Å². The van der Waals surface area contributed by atoms with E-state index in [4.69, 9.17) is 25.0 Å². The lowest BCUT2D eigenvalue weighted by atomic mass is 9.97. The molecule has 0 spiro atoms. The van der Waals surface area contributed by atoms with E-state index in [-0.39, 0.29) is 29.8 Å². The maximum absolute atomic E-state index is 15.2. The second kappa shape index (κ2) is 15.6. The molecular weight excluding hydrogens is 707 g/mol. The van der Waals surface area contributed by atoms with E-state index in [1.54, 1.807) is 57.7 Å². The second-order valence-electron chi connectivity index (χ2n) is 12.3. The fourth-order valence-electron chi connectivity index (χ4n) is 5.99. The van der Waals surface area contributed by atoms with E-state index in [2.05, 4.69) is 25.5 Å². The van der Waals surface area contributed by atoms with Crippen LogP contribution in [0.4, 0.5) is 5.95 Å². The first kappa shape index (κ1) is 35.8. The summed E-state index contributed by atoms with van der Waals surface area (Å²) in [5.74, 6) is 2.76. The third-order valence-electron chi connectivity index (χ3n) is 8.79. The molecular formula is C39H37N9O5S. The van der Waals surface area contributed by atoms with E-state index in [9.17, 15) is 0 Å². The Morgan fingerprint density at radius 1 is 0.722 bits per heavy atom. The molecule has 0 aliphatic rings. The Morgan fingerprint density at radius 2 is 1.28 bits per heavy atom. The minimum absolute atomic E-state index is 0.0142. The van der Waals surface area contributed by atoms with Gasteiger partial charge in [0, 0.05) is 18.7 Å². The molecule has 0 saturated carbocycles. The number of methoxy groups -OCH3 is 3. The number of sulfonamides is 1. The molecule has 0 aliphatic carbocycles. The van der Waals surface area contributed by atoms with E-state index in [1.807, 2.05) is 78.9 Å². The fraction of sp³-hybridized carbons (Fsp3) is 0.154. The van der Waals surface area contributed by atoms with Crippen molar-refractivity contribution in [2.75, 3.05) is 27.1 Å². The number of H-pyrrole nitrogens is 1. The van der Waals surface area contributed by atoms with Gasteiger partial charge in [0.15, 0.2) is 5.82 Å². The summed E-state index contributed by atoms with van der Waals surface area (Å²) in [5.41, 5.74) is 10.5. The summed E-state index contributed by atoms with van der Waals surface area (Å²) in [5, 5.41) is 20.3. The first-order chi connectivity index (χ1) is 26.2. The van der Waals surface area contributed by atoms with Crippen molar-refractivity contribution in [2.45, 2.75) is 24.5 Å². The summed E-state index contributed by atoms with van der Waals surface area (Å²) < 4.78 is 47.8. The number of tetrazole rings is 1. The molecule has 0 fully saturated rings. The van der Waals surface area contributed by atoms with Crippen LogP contribution in [0.3, 0.4) is 0 Å². The zero-order chi connectivity index (χ0) is 37.7. The molecule has 14 nitrogen and oxygen atoms in total. The van der Waals surface area contributed by atoms with Gasteiger partial charge in [0.25, 0.3) is 0 Å². The normalized spacial score (nSPS) is 11.5. The number of nitrogens with zero attached hydrogens (tertiary/aromatic N) is 7. The van der Waals surface area contributed by atoms with Crippen LogP contribution in [-0.2, 0) is 29.7 Å². The van der Waals surface area contributed by atoms with Gasteiger partial charge in [-0.15, -0.1) is 15.3 Å². The molecule has 5 aromatic carbocycles. The summed E-state index contributed by atoms with van der Waals surface area (Å²) in [6, 6.07) is 34.7. The van der Waals surface area contributed by atoms with Gasteiger partial charge in [-0.1, -0.05) is 66.7 Å². The highest BCUT2D eigenvalue weighted by atomic mass is 32.2. The number of aromatic nitrogens is 7. The zero-order valence-electron chi connectivity index (χ0n) is 29.7. The van der Waals surface area contributed by atoms with Crippen molar-refractivity contribution in [1.82, 2.24) is 39.7 Å². The Kier molecular flexibility index (Phi) is 10.3. The summed E-state index contributed by atoms with van der Waals surface area (Å²) in [6.07, 6.45) is 0. The summed E-state index contributed by atoms with van der Waals surface area (Å²) in [7, 11) is 0.517. The Balaban J connectivity index is 1.36. The van der Waals surface area contributed by atoms with Crippen LogP contribution in [0.15, 0.2) is 120 Å². The molecule has 0 radical (unpaired) electrons. The van der Waals surface area contributed by atoms with Gasteiger partial charge in [-0.05, 0) is 81.6 Å². The highest BCUT2D eigenvalue weighted by Gasteiger charge is 2.31. The number of nitrogen functional groups attached to an aromatic ring is 1. The molecule has 15 heteroatoms. The van der Waals surface area contributed by atoms with Crippen LogP contribution >= 0.6 is 0 Å². The number of nitrogens with one attached hydrogen (secondary N) is 1. The number of aromatic amines is 1. The Bertz CT molecular complexity index is 2420. The first-order valence-corrected chi connectivity index (χ1v) is 18.3. The van der Waals surface area contributed by atoms with Crippen molar-refractivity contribution in [3.63, 3.8) is 0 Å². The molecule has 3 N–H and O–H groups in total. The average Bonchev–Trinajstić information content (AvgIpc) is 3.87. The lowest BCUT2D eigenvalue weighted by molar-refractivity contribution is 0.398. The van der Waals surface area contributed by atoms with Crippen molar-refractivity contribution in [3.8, 4) is 51.2 Å². The van der Waals surface area contributed by atoms with Crippen LogP contribution in [0.2, 0.25) is 0 Å². The van der Waals surface area contributed by atoms with E-state index < -0.39 is 10.0 Å². The van der Waals surface area contributed by atoms with Gasteiger partial charge in [0.05, 0.1) is 38.3 Å². The standard InChI is InChI=1S/C39H37N9O5S/c1-51-31-16-10-26(11-17-31)23-47(24-27-12-18-32(52-2)19-13-27)54(49,50)35-9-5-8-34(29-6-4-7-30(22-29)37-41-39(40)44-42-37)36(35)38-43-46-48(45-38)25-28-14-20-33(53-3)21-15-28/h4-22H,23-25H2,1-3H3,(H3,40,41,42,44). The van der Waals surface area contributed by atoms with Gasteiger partial charge in [-0.25, -0.2) is 8.42 Å². The smallest absolute Gasteiger partial charge is 0.244 e. The average molecular weight is 744 g/mol. The fourth-order valence-corrected chi connectivity index (χ4v) is 7.62. The van der Waals surface area contributed by atoms with Crippen LogP contribution in [0.25, 0.3) is 33.9 Å². The number of anilines is 1. The van der Waals surface area contributed by atoms with Crippen LogP contribution in [0, 0.1) is 0 Å². The van der Waals surface area contributed by atoms with Gasteiger partial charge >= 0.3 is 0 Å². The molecule has 0 saturated heterocycles. The Morgan fingerprint density at radius 3 is 1.83 bits per heavy atom. The molecule has 7 rings (SSSR count). The molecule has 7 aromatic rings. The molecule has 54 heavy (non-hydrogen) atoms. The van der Waals surface area contributed by atoms with E-state index in [1.165, 1.54) is 9.10 Å². The van der Waals surface area contributed by atoms with Crippen molar-refractivity contribution in [1.29, 1.82) is 0 Å². The van der Waals surface area contributed by atoms with E-state index >= 15 is 8.42 Å².